The fraction of sp³-hybridized carbons (Fsp3) is 1.00. The van der Waals surface area contributed by atoms with Crippen molar-refractivity contribution >= 4 is 0 Å². The second-order valence-electron chi connectivity index (χ2n) is 1.65. The van der Waals surface area contributed by atoms with E-state index in [2.05, 4.69) is 0 Å². The Bertz CT molecular complexity index is 44.3. The van der Waals surface area contributed by atoms with Crippen molar-refractivity contribution in [3.05, 3.63) is 0 Å². The molecule has 3 heteroatoms. The second-order valence-corrected chi connectivity index (χ2v) is 1.65. The van der Waals surface area contributed by atoms with Crippen molar-refractivity contribution in [3.63, 3.8) is 0 Å². The van der Waals surface area contributed by atoms with Crippen molar-refractivity contribution in [2.24, 2.45) is 0 Å². The zero-order valence-electron chi connectivity index (χ0n) is 5.73. The molecule has 0 unspecified atom stereocenters. The van der Waals surface area contributed by atoms with Gasteiger partial charge in [0.1, 0.15) is 0 Å². The van der Waals surface area contributed by atoms with Gasteiger partial charge in [-0.3, -0.25) is 4.39 Å². The van der Waals surface area contributed by atoms with Gasteiger partial charge in [0, 0.05) is 13.7 Å². The Morgan fingerprint density at radius 3 is 2.56 bits per heavy atom. The van der Waals surface area contributed by atoms with E-state index < -0.39 is 0 Å². The van der Waals surface area contributed by atoms with E-state index in [1.165, 1.54) is 0 Å². The molecule has 0 aliphatic carbocycles. The van der Waals surface area contributed by atoms with E-state index in [-0.39, 0.29) is 6.67 Å². The van der Waals surface area contributed by atoms with Gasteiger partial charge in [0.05, 0.1) is 19.9 Å². The molecule has 0 aliphatic heterocycles. The van der Waals surface area contributed by atoms with E-state index in [1.54, 1.807) is 7.11 Å². The molecule has 0 N–H and O–H groups in total. The molecule has 0 amide bonds. The fourth-order valence-electron chi connectivity index (χ4n) is 0.401. The van der Waals surface area contributed by atoms with Gasteiger partial charge in [-0.05, 0) is 6.42 Å². The number of alkyl halides is 1. The van der Waals surface area contributed by atoms with Crippen LogP contribution in [0.5, 0.6) is 0 Å². The SMILES string of the molecule is COCCOCCCF. The maximum Gasteiger partial charge on any atom is 0.0916 e. The highest BCUT2D eigenvalue weighted by Gasteiger charge is 1.85. The first-order chi connectivity index (χ1) is 4.41. The maximum absolute atomic E-state index is 11.4. The molecule has 0 saturated heterocycles. The van der Waals surface area contributed by atoms with E-state index in [1.807, 2.05) is 0 Å². The minimum absolute atomic E-state index is 0.299. The van der Waals surface area contributed by atoms with Crippen LogP contribution in [-0.4, -0.2) is 33.6 Å². The molecule has 0 heterocycles. The highest BCUT2D eigenvalue weighted by molar-refractivity contribution is 4.31. The average Bonchev–Trinajstić information content (AvgIpc) is 1.89. The van der Waals surface area contributed by atoms with Crippen LogP contribution in [0.3, 0.4) is 0 Å². The molecule has 0 radical (unpaired) electrons. The van der Waals surface area contributed by atoms with Gasteiger partial charge in [0.25, 0.3) is 0 Å². The van der Waals surface area contributed by atoms with Gasteiger partial charge < -0.3 is 9.47 Å². The standard InChI is InChI=1S/C6H13FO2/c1-8-5-6-9-4-2-3-7/h2-6H2,1H3. The molecule has 0 saturated carbocycles. The maximum atomic E-state index is 11.4. The molecule has 0 aromatic rings. The van der Waals surface area contributed by atoms with Crippen LogP contribution in [0.2, 0.25) is 0 Å². The number of halogens is 1. The Hall–Kier alpha value is -0.150. The lowest BCUT2D eigenvalue weighted by Gasteiger charge is -1.99. The first kappa shape index (κ1) is 8.85. The third-order valence-electron chi connectivity index (χ3n) is 0.854. The molecule has 0 aliphatic rings. The van der Waals surface area contributed by atoms with E-state index >= 15 is 0 Å². The Morgan fingerprint density at radius 1 is 1.22 bits per heavy atom. The van der Waals surface area contributed by atoms with Crippen LogP contribution in [0.4, 0.5) is 4.39 Å². The van der Waals surface area contributed by atoms with Crippen molar-refractivity contribution in [2.75, 3.05) is 33.6 Å². The summed E-state index contributed by atoms with van der Waals surface area (Å²) in [6.07, 6.45) is 0.490. The van der Waals surface area contributed by atoms with Crippen molar-refractivity contribution < 1.29 is 13.9 Å². The van der Waals surface area contributed by atoms with Crippen molar-refractivity contribution in [1.82, 2.24) is 0 Å². The number of methoxy groups -OCH3 is 1. The number of rotatable bonds is 6. The molecule has 56 valence electrons. The number of hydrogen-bond donors (Lipinski definition) is 0. The van der Waals surface area contributed by atoms with Crippen molar-refractivity contribution in [3.8, 4) is 0 Å². The van der Waals surface area contributed by atoms with Crippen LogP contribution in [0.15, 0.2) is 0 Å². The summed E-state index contributed by atoms with van der Waals surface area (Å²) < 4.78 is 21.0. The van der Waals surface area contributed by atoms with Crippen LogP contribution >= 0.6 is 0 Å². The van der Waals surface area contributed by atoms with Gasteiger partial charge in [-0.15, -0.1) is 0 Å². The van der Waals surface area contributed by atoms with E-state index in [0.29, 0.717) is 26.2 Å². The lowest BCUT2D eigenvalue weighted by Crippen LogP contribution is -2.03. The molecular formula is C6H13FO2. The quantitative estimate of drug-likeness (QED) is 0.507. The van der Waals surface area contributed by atoms with Crippen LogP contribution in [0.25, 0.3) is 0 Å². The number of ether oxygens (including phenoxy) is 2. The predicted octanol–water partition coefficient (Wildman–Crippen LogP) is 1.01. The lowest BCUT2D eigenvalue weighted by molar-refractivity contribution is 0.0672. The Labute approximate surface area is 55.0 Å². The van der Waals surface area contributed by atoms with Crippen LogP contribution in [-0.2, 0) is 9.47 Å². The summed E-state index contributed by atoms with van der Waals surface area (Å²) in [5.74, 6) is 0. The van der Waals surface area contributed by atoms with Gasteiger partial charge >= 0.3 is 0 Å². The molecule has 0 spiro atoms. The summed E-state index contributed by atoms with van der Waals surface area (Å²) in [7, 11) is 1.61. The van der Waals surface area contributed by atoms with Gasteiger partial charge in [0.2, 0.25) is 0 Å². The predicted molar refractivity (Wildman–Crippen MR) is 33.3 cm³/mol. The lowest BCUT2D eigenvalue weighted by atomic mass is 10.5. The molecular weight excluding hydrogens is 123 g/mol. The van der Waals surface area contributed by atoms with Crippen LogP contribution < -0.4 is 0 Å². The summed E-state index contributed by atoms with van der Waals surface area (Å²) in [6, 6.07) is 0. The zero-order valence-corrected chi connectivity index (χ0v) is 5.73. The second kappa shape index (κ2) is 7.85. The third-order valence-corrected chi connectivity index (χ3v) is 0.854. The third kappa shape index (κ3) is 7.85. The average molecular weight is 136 g/mol. The van der Waals surface area contributed by atoms with Crippen LogP contribution in [0, 0.1) is 0 Å². The van der Waals surface area contributed by atoms with Gasteiger partial charge in [-0.1, -0.05) is 0 Å². The minimum Gasteiger partial charge on any atom is -0.382 e. The molecule has 0 rings (SSSR count). The molecule has 0 aromatic carbocycles. The largest absolute Gasteiger partial charge is 0.382 e. The van der Waals surface area contributed by atoms with Crippen LogP contribution in [0.1, 0.15) is 6.42 Å². The Balaban J connectivity index is 2.60. The minimum atomic E-state index is -0.299. The van der Waals surface area contributed by atoms with E-state index in [0.717, 1.165) is 0 Å². The summed E-state index contributed by atoms with van der Waals surface area (Å²) in [4.78, 5) is 0. The molecule has 2 nitrogen and oxygen atoms in total. The zero-order chi connectivity index (χ0) is 6.95. The number of hydrogen-bond acceptors (Lipinski definition) is 2. The fourth-order valence-corrected chi connectivity index (χ4v) is 0.401. The first-order valence-electron chi connectivity index (χ1n) is 3.04. The topological polar surface area (TPSA) is 18.5 Å². The van der Waals surface area contributed by atoms with Gasteiger partial charge in [-0.25, -0.2) is 0 Å². The first-order valence-corrected chi connectivity index (χ1v) is 3.04. The summed E-state index contributed by atoms with van der Waals surface area (Å²) in [5.41, 5.74) is 0. The monoisotopic (exact) mass is 136 g/mol. The van der Waals surface area contributed by atoms with E-state index in [9.17, 15) is 4.39 Å². The highest BCUT2D eigenvalue weighted by Crippen LogP contribution is 1.82. The Morgan fingerprint density at radius 2 is 2.00 bits per heavy atom. The van der Waals surface area contributed by atoms with Gasteiger partial charge in [-0.2, -0.15) is 0 Å². The summed E-state index contributed by atoms with van der Waals surface area (Å²) >= 11 is 0. The summed E-state index contributed by atoms with van der Waals surface area (Å²) in [5, 5.41) is 0. The molecule has 9 heavy (non-hydrogen) atoms. The van der Waals surface area contributed by atoms with Gasteiger partial charge in [0.15, 0.2) is 0 Å². The smallest absolute Gasteiger partial charge is 0.0916 e. The normalized spacial score (nSPS) is 10.0. The Kier molecular flexibility index (Phi) is 7.72. The molecule has 0 bridgehead atoms. The molecule has 0 aromatic heterocycles. The van der Waals surface area contributed by atoms with E-state index in [4.69, 9.17) is 9.47 Å². The van der Waals surface area contributed by atoms with Crippen molar-refractivity contribution in [2.45, 2.75) is 6.42 Å². The summed E-state index contributed by atoms with van der Waals surface area (Å²) in [6.45, 7) is 1.36. The molecule has 0 fully saturated rings. The molecule has 0 atom stereocenters. The van der Waals surface area contributed by atoms with Crippen molar-refractivity contribution in [1.29, 1.82) is 0 Å². The highest BCUT2D eigenvalue weighted by atomic mass is 19.1.